The second kappa shape index (κ2) is 8.99. The molecule has 0 saturated carbocycles. The number of Topliss-reactive ketones (excluding diaryl/α,β-unsaturated/α-hetero) is 1. The number of fused-ring (bicyclic) bond motifs is 1. The van der Waals surface area contributed by atoms with Gasteiger partial charge in [-0.15, -0.1) is 0 Å². The van der Waals surface area contributed by atoms with Crippen molar-refractivity contribution in [1.82, 2.24) is 9.78 Å². The second-order valence-electron chi connectivity index (χ2n) is 7.78. The number of para-hydroxylation sites is 1. The maximum atomic E-state index is 12.7. The fourth-order valence-corrected chi connectivity index (χ4v) is 5.18. The van der Waals surface area contributed by atoms with Gasteiger partial charge >= 0.3 is 5.97 Å². The first-order valence-electron chi connectivity index (χ1n) is 10.3. The number of hydrogen-bond acceptors (Lipinski definition) is 6. The minimum Gasteiger partial charge on any atom is -0.454 e. The number of anilines is 1. The van der Waals surface area contributed by atoms with Crippen molar-refractivity contribution in [1.29, 1.82) is 0 Å². The number of esters is 1. The lowest BCUT2D eigenvalue weighted by Gasteiger charge is -2.29. The van der Waals surface area contributed by atoms with Gasteiger partial charge in [0, 0.05) is 12.1 Å². The Bertz CT molecular complexity index is 1340. The molecule has 0 bridgehead atoms. The minimum absolute atomic E-state index is 0.0996. The molecule has 0 unspecified atom stereocenters. The molecule has 0 saturated heterocycles. The maximum Gasteiger partial charge on any atom is 0.343 e. The van der Waals surface area contributed by atoms with Gasteiger partial charge < -0.3 is 4.74 Å². The van der Waals surface area contributed by atoms with Gasteiger partial charge in [-0.2, -0.15) is 5.10 Å². The fourth-order valence-electron chi connectivity index (χ4n) is 3.84. The van der Waals surface area contributed by atoms with Gasteiger partial charge in [-0.3, -0.25) is 9.10 Å². The highest BCUT2D eigenvalue weighted by molar-refractivity contribution is 7.92. The molecule has 1 aliphatic heterocycles. The normalized spacial score (nSPS) is 13.5. The van der Waals surface area contributed by atoms with E-state index in [-0.39, 0.29) is 10.7 Å². The van der Waals surface area contributed by atoms with E-state index >= 15 is 0 Å². The van der Waals surface area contributed by atoms with Crippen LogP contribution in [-0.4, -0.2) is 49.4 Å². The predicted octanol–water partition coefficient (Wildman–Crippen LogP) is 3.59. The number of aryl methyl sites for hydroxylation is 2. The van der Waals surface area contributed by atoms with Crippen LogP contribution in [0, 0.1) is 6.92 Å². The Morgan fingerprint density at radius 3 is 2.58 bits per heavy atom. The zero-order valence-electron chi connectivity index (χ0n) is 18.1. The topological polar surface area (TPSA) is 98.6 Å². The van der Waals surface area contributed by atoms with Crippen LogP contribution >= 0.6 is 11.6 Å². The van der Waals surface area contributed by atoms with Gasteiger partial charge in [-0.05, 0) is 55.7 Å². The minimum atomic E-state index is -3.39. The largest absolute Gasteiger partial charge is 0.454 e. The number of nitrogens with zero attached hydrogens (tertiary/aromatic N) is 3. The molecule has 0 amide bonds. The first-order chi connectivity index (χ1) is 15.7. The molecule has 1 aliphatic rings. The zero-order chi connectivity index (χ0) is 23.8. The standard InChI is InChI=1S/C23H22ClN3O5S/c1-15-21(22(24)27(25-15)18-8-4-3-5-9-18)23(29)32-14-20(28)17-10-11-19-16(13-17)7-6-12-26(19)33(2,30)31/h3-5,8-11,13H,6-7,12,14H2,1-2H3. The summed E-state index contributed by atoms with van der Waals surface area (Å²) in [4.78, 5) is 25.3. The van der Waals surface area contributed by atoms with E-state index < -0.39 is 28.4 Å². The van der Waals surface area contributed by atoms with E-state index in [2.05, 4.69) is 5.10 Å². The number of halogens is 1. The fraction of sp³-hybridized carbons (Fsp3) is 0.261. The van der Waals surface area contributed by atoms with Gasteiger partial charge in [0.25, 0.3) is 0 Å². The third kappa shape index (κ3) is 4.65. The van der Waals surface area contributed by atoms with Crippen molar-refractivity contribution in [2.75, 3.05) is 23.7 Å². The van der Waals surface area contributed by atoms with Crippen molar-refractivity contribution in [2.45, 2.75) is 19.8 Å². The van der Waals surface area contributed by atoms with Crippen LogP contribution in [-0.2, 0) is 21.2 Å². The Labute approximate surface area is 196 Å². The lowest BCUT2D eigenvalue weighted by atomic mass is 9.99. The Balaban J connectivity index is 1.49. The Morgan fingerprint density at radius 2 is 1.88 bits per heavy atom. The number of benzene rings is 2. The van der Waals surface area contributed by atoms with Crippen LogP contribution in [0.15, 0.2) is 48.5 Å². The molecule has 2 aromatic carbocycles. The number of rotatable bonds is 6. The van der Waals surface area contributed by atoms with Crippen molar-refractivity contribution >= 4 is 39.1 Å². The highest BCUT2D eigenvalue weighted by Gasteiger charge is 2.26. The van der Waals surface area contributed by atoms with E-state index in [0.29, 0.717) is 42.0 Å². The van der Waals surface area contributed by atoms with Crippen molar-refractivity contribution in [3.63, 3.8) is 0 Å². The Kier molecular flexibility index (Phi) is 6.27. The zero-order valence-corrected chi connectivity index (χ0v) is 19.7. The second-order valence-corrected chi connectivity index (χ2v) is 10.0. The first kappa shape index (κ1) is 23.0. The van der Waals surface area contributed by atoms with Crippen LogP contribution in [0.3, 0.4) is 0 Å². The third-order valence-corrected chi connectivity index (χ3v) is 6.95. The molecule has 8 nitrogen and oxygen atoms in total. The highest BCUT2D eigenvalue weighted by atomic mass is 35.5. The molecule has 3 aromatic rings. The Hall–Kier alpha value is -3.17. The summed E-state index contributed by atoms with van der Waals surface area (Å²) in [6.07, 6.45) is 2.49. The number of carbonyl (C=O) groups excluding carboxylic acids is 2. The average Bonchev–Trinajstić information content (AvgIpc) is 3.10. The summed E-state index contributed by atoms with van der Waals surface area (Å²) in [6.45, 7) is 1.58. The van der Waals surface area contributed by atoms with Crippen LogP contribution in [0.4, 0.5) is 5.69 Å². The molecule has 0 radical (unpaired) electrons. The van der Waals surface area contributed by atoms with Crippen LogP contribution < -0.4 is 4.31 Å². The van der Waals surface area contributed by atoms with Crippen molar-refractivity contribution in [3.8, 4) is 5.69 Å². The molecule has 2 heterocycles. The van der Waals surface area contributed by atoms with Crippen LogP contribution in [0.1, 0.15) is 38.4 Å². The molecule has 0 spiro atoms. The molecule has 10 heteroatoms. The summed E-state index contributed by atoms with van der Waals surface area (Å²) in [5, 5.41) is 4.41. The number of ketones is 1. The van der Waals surface area contributed by atoms with E-state index in [1.807, 2.05) is 18.2 Å². The molecule has 33 heavy (non-hydrogen) atoms. The van der Waals surface area contributed by atoms with E-state index in [4.69, 9.17) is 16.3 Å². The maximum absolute atomic E-state index is 12.7. The molecule has 0 atom stereocenters. The molecule has 0 aliphatic carbocycles. The predicted molar refractivity (Wildman–Crippen MR) is 125 cm³/mol. The van der Waals surface area contributed by atoms with E-state index in [1.165, 1.54) is 8.99 Å². The van der Waals surface area contributed by atoms with Crippen molar-refractivity contribution in [3.05, 3.63) is 76.1 Å². The van der Waals surface area contributed by atoms with E-state index in [0.717, 1.165) is 11.8 Å². The van der Waals surface area contributed by atoms with Gasteiger partial charge in [0.15, 0.2) is 12.4 Å². The van der Waals surface area contributed by atoms with Gasteiger partial charge in [0.2, 0.25) is 10.0 Å². The lowest BCUT2D eigenvalue weighted by Crippen LogP contribution is -2.34. The number of sulfonamides is 1. The summed E-state index contributed by atoms with van der Waals surface area (Å²) >= 11 is 6.38. The average molecular weight is 488 g/mol. The third-order valence-electron chi connectivity index (χ3n) is 5.42. The number of aromatic nitrogens is 2. The van der Waals surface area contributed by atoms with E-state index in [9.17, 15) is 18.0 Å². The van der Waals surface area contributed by atoms with Crippen LogP contribution in [0.25, 0.3) is 5.69 Å². The van der Waals surface area contributed by atoms with Crippen molar-refractivity contribution < 1.29 is 22.7 Å². The van der Waals surface area contributed by atoms with Crippen LogP contribution in [0.5, 0.6) is 0 Å². The van der Waals surface area contributed by atoms with E-state index in [1.54, 1.807) is 37.3 Å². The summed E-state index contributed by atoms with van der Waals surface area (Å²) in [7, 11) is -3.39. The Morgan fingerprint density at radius 1 is 1.15 bits per heavy atom. The summed E-state index contributed by atoms with van der Waals surface area (Å²) < 4.78 is 32.0. The van der Waals surface area contributed by atoms with Gasteiger partial charge in [-0.1, -0.05) is 29.8 Å². The number of hydrogen-bond donors (Lipinski definition) is 0. The molecule has 0 N–H and O–H groups in total. The van der Waals surface area contributed by atoms with Gasteiger partial charge in [-0.25, -0.2) is 17.9 Å². The molecule has 172 valence electrons. The smallest absolute Gasteiger partial charge is 0.343 e. The molecule has 0 fully saturated rings. The summed E-state index contributed by atoms with van der Waals surface area (Å²) in [5.41, 5.74) is 2.87. The van der Waals surface area contributed by atoms with Gasteiger partial charge in [0.05, 0.1) is 23.3 Å². The van der Waals surface area contributed by atoms with Crippen LogP contribution in [0.2, 0.25) is 5.15 Å². The molecular formula is C23H22ClN3O5S. The quantitative estimate of drug-likeness (QED) is 0.389. The molecule has 1 aromatic heterocycles. The summed E-state index contributed by atoms with van der Waals surface area (Å²) in [5.74, 6) is -1.14. The highest BCUT2D eigenvalue weighted by Crippen LogP contribution is 2.30. The number of carbonyl (C=O) groups is 2. The first-order valence-corrected chi connectivity index (χ1v) is 12.5. The summed E-state index contributed by atoms with van der Waals surface area (Å²) in [6, 6.07) is 13.9. The molecular weight excluding hydrogens is 466 g/mol. The SMILES string of the molecule is Cc1nn(-c2ccccc2)c(Cl)c1C(=O)OCC(=O)c1ccc2c(c1)CCCN2S(C)(=O)=O. The monoisotopic (exact) mass is 487 g/mol. The van der Waals surface area contributed by atoms with Crippen molar-refractivity contribution in [2.24, 2.45) is 0 Å². The number of ether oxygens (including phenoxy) is 1. The van der Waals surface area contributed by atoms with Gasteiger partial charge in [0.1, 0.15) is 10.7 Å². The lowest BCUT2D eigenvalue weighted by molar-refractivity contribution is 0.0474. The molecule has 4 rings (SSSR count).